The van der Waals surface area contributed by atoms with Crippen LogP contribution in [0.5, 0.6) is 0 Å². The zero-order valence-electron chi connectivity index (χ0n) is 19.2. The fourth-order valence-corrected chi connectivity index (χ4v) is 4.91. The summed E-state index contributed by atoms with van der Waals surface area (Å²) in [4.78, 5) is 28.2. The summed E-state index contributed by atoms with van der Waals surface area (Å²) in [7, 11) is 0. The molecule has 0 bridgehead atoms. The van der Waals surface area contributed by atoms with Crippen molar-refractivity contribution in [3.63, 3.8) is 0 Å². The lowest BCUT2D eigenvalue weighted by Gasteiger charge is -2.34. The van der Waals surface area contributed by atoms with Crippen LogP contribution in [-0.2, 0) is 16.0 Å². The summed E-state index contributed by atoms with van der Waals surface area (Å²) in [5.74, 6) is 0.906. The molecule has 0 saturated carbocycles. The zero-order chi connectivity index (χ0) is 24.8. The number of carbonyl (C=O) groups excluding carboxylic acids is 2. The molecule has 0 spiro atoms. The minimum Gasteiger partial charge on any atom is -0.450 e. The second-order valence-corrected chi connectivity index (χ2v) is 9.61. The monoisotopic (exact) mass is 533 g/mol. The molecule has 2 aromatic carbocycles. The van der Waals surface area contributed by atoms with Crippen LogP contribution < -0.4 is 0 Å². The van der Waals surface area contributed by atoms with Gasteiger partial charge in [0, 0.05) is 32.6 Å². The third kappa shape index (κ3) is 6.28. The Bertz CT molecular complexity index is 1180. The SMILES string of the molecule is CCOC(=O)N1CCN(C(=O)CSc2nnc(Cc3ccccc3)n2-c2ccc(Cl)c(Cl)c2)CC1. The van der Waals surface area contributed by atoms with Crippen LogP contribution >= 0.6 is 35.0 Å². The Balaban J connectivity index is 1.48. The van der Waals surface area contributed by atoms with Crippen LogP contribution in [-0.4, -0.2) is 75.1 Å². The highest BCUT2D eigenvalue weighted by Crippen LogP contribution is 2.29. The average molecular weight is 534 g/mol. The van der Waals surface area contributed by atoms with E-state index in [4.69, 9.17) is 27.9 Å². The van der Waals surface area contributed by atoms with Gasteiger partial charge in [-0.2, -0.15) is 0 Å². The highest BCUT2D eigenvalue weighted by Gasteiger charge is 2.25. The number of carbonyl (C=O) groups is 2. The van der Waals surface area contributed by atoms with E-state index in [-0.39, 0.29) is 17.8 Å². The Labute approximate surface area is 218 Å². The first-order valence-electron chi connectivity index (χ1n) is 11.2. The Morgan fingerprint density at radius 1 is 0.971 bits per heavy atom. The molecule has 11 heteroatoms. The molecular formula is C24H25Cl2N5O3S. The molecular weight excluding hydrogens is 509 g/mol. The number of hydrogen-bond acceptors (Lipinski definition) is 6. The van der Waals surface area contributed by atoms with Gasteiger partial charge in [0.15, 0.2) is 5.16 Å². The van der Waals surface area contributed by atoms with Crippen LogP contribution in [0, 0.1) is 0 Å². The van der Waals surface area contributed by atoms with E-state index in [1.54, 1.807) is 28.9 Å². The molecule has 35 heavy (non-hydrogen) atoms. The summed E-state index contributed by atoms with van der Waals surface area (Å²) in [6.45, 7) is 3.96. The van der Waals surface area contributed by atoms with E-state index in [0.29, 0.717) is 54.4 Å². The van der Waals surface area contributed by atoms with Crippen LogP contribution in [0.25, 0.3) is 5.69 Å². The van der Waals surface area contributed by atoms with Gasteiger partial charge in [0.25, 0.3) is 0 Å². The number of benzene rings is 2. The first kappa shape index (κ1) is 25.3. The molecule has 184 valence electrons. The molecule has 1 fully saturated rings. The summed E-state index contributed by atoms with van der Waals surface area (Å²) in [5.41, 5.74) is 1.86. The van der Waals surface area contributed by atoms with Crippen molar-refractivity contribution in [2.45, 2.75) is 18.5 Å². The van der Waals surface area contributed by atoms with Crippen molar-refractivity contribution in [3.05, 3.63) is 70.0 Å². The van der Waals surface area contributed by atoms with E-state index in [9.17, 15) is 9.59 Å². The Morgan fingerprint density at radius 3 is 2.37 bits per heavy atom. The summed E-state index contributed by atoms with van der Waals surface area (Å²) in [6, 6.07) is 15.3. The first-order valence-corrected chi connectivity index (χ1v) is 13.0. The summed E-state index contributed by atoms with van der Waals surface area (Å²) >= 11 is 13.7. The van der Waals surface area contributed by atoms with Gasteiger partial charge in [-0.3, -0.25) is 9.36 Å². The topological polar surface area (TPSA) is 80.6 Å². The van der Waals surface area contributed by atoms with Crippen molar-refractivity contribution in [1.82, 2.24) is 24.6 Å². The fourth-order valence-electron chi connectivity index (χ4n) is 3.74. The first-order chi connectivity index (χ1) is 17.0. The number of hydrogen-bond donors (Lipinski definition) is 0. The van der Waals surface area contributed by atoms with E-state index >= 15 is 0 Å². The van der Waals surface area contributed by atoms with Crippen LogP contribution in [0.1, 0.15) is 18.3 Å². The van der Waals surface area contributed by atoms with Gasteiger partial charge < -0.3 is 14.5 Å². The molecule has 8 nitrogen and oxygen atoms in total. The number of aromatic nitrogens is 3. The average Bonchev–Trinajstić information content (AvgIpc) is 3.27. The Kier molecular flexibility index (Phi) is 8.54. The van der Waals surface area contributed by atoms with Crippen molar-refractivity contribution in [1.29, 1.82) is 0 Å². The molecule has 0 N–H and O–H groups in total. The number of halogens is 2. The second kappa shape index (κ2) is 11.8. The molecule has 2 heterocycles. The molecule has 0 unspecified atom stereocenters. The van der Waals surface area contributed by atoms with Crippen molar-refractivity contribution in [2.24, 2.45) is 0 Å². The molecule has 4 rings (SSSR count). The van der Waals surface area contributed by atoms with Gasteiger partial charge in [0.2, 0.25) is 5.91 Å². The van der Waals surface area contributed by atoms with Gasteiger partial charge in [0.05, 0.1) is 28.1 Å². The summed E-state index contributed by atoms with van der Waals surface area (Å²) in [6.07, 6.45) is 0.230. The Morgan fingerprint density at radius 2 is 1.69 bits per heavy atom. The second-order valence-electron chi connectivity index (χ2n) is 7.85. The molecule has 0 atom stereocenters. The van der Waals surface area contributed by atoms with E-state index in [0.717, 1.165) is 17.1 Å². The molecule has 2 amide bonds. The van der Waals surface area contributed by atoms with Gasteiger partial charge in [-0.05, 0) is 30.7 Å². The van der Waals surface area contributed by atoms with Gasteiger partial charge in [-0.1, -0.05) is 65.3 Å². The zero-order valence-corrected chi connectivity index (χ0v) is 21.5. The number of ether oxygens (including phenoxy) is 1. The lowest BCUT2D eigenvalue weighted by atomic mass is 10.1. The largest absolute Gasteiger partial charge is 0.450 e. The van der Waals surface area contributed by atoms with Crippen LogP contribution in [0.2, 0.25) is 10.0 Å². The van der Waals surface area contributed by atoms with Crippen molar-refractivity contribution in [3.8, 4) is 5.69 Å². The van der Waals surface area contributed by atoms with E-state index in [1.165, 1.54) is 11.8 Å². The van der Waals surface area contributed by atoms with Gasteiger partial charge in [-0.15, -0.1) is 10.2 Å². The lowest BCUT2D eigenvalue weighted by molar-refractivity contribution is -0.129. The minimum absolute atomic E-state index is 0.0215. The van der Waals surface area contributed by atoms with Gasteiger partial charge in [-0.25, -0.2) is 4.79 Å². The molecule has 3 aromatic rings. The van der Waals surface area contributed by atoms with Gasteiger partial charge >= 0.3 is 6.09 Å². The van der Waals surface area contributed by atoms with E-state index in [2.05, 4.69) is 10.2 Å². The normalized spacial score (nSPS) is 13.7. The summed E-state index contributed by atoms with van der Waals surface area (Å²) < 4.78 is 6.95. The van der Waals surface area contributed by atoms with Gasteiger partial charge in [0.1, 0.15) is 5.82 Å². The maximum Gasteiger partial charge on any atom is 0.409 e. The van der Waals surface area contributed by atoms with Crippen LogP contribution in [0.15, 0.2) is 53.7 Å². The smallest absolute Gasteiger partial charge is 0.409 e. The highest BCUT2D eigenvalue weighted by atomic mass is 35.5. The van der Waals surface area contributed by atoms with Crippen molar-refractivity contribution in [2.75, 3.05) is 38.5 Å². The highest BCUT2D eigenvalue weighted by molar-refractivity contribution is 7.99. The van der Waals surface area contributed by atoms with Crippen molar-refractivity contribution < 1.29 is 14.3 Å². The number of nitrogens with zero attached hydrogens (tertiary/aromatic N) is 5. The predicted molar refractivity (Wildman–Crippen MR) is 137 cm³/mol. The Hall–Kier alpha value is -2.75. The minimum atomic E-state index is -0.338. The molecule has 1 aromatic heterocycles. The maximum absolute atomic E-state index is 12.9. The third-order valence-electron chi connectivity index (χ3n) is 5.55. The molecule has 1 aliphatic rings. The fraction of sp³-hybridized carbons (Fsp3) is 0.333. The van der Waals surface area contributed by atoms with E-state index < -0.39 is 0 Å². The predicted octanol–water partition coefficient (Wildman–Crippen LogP) is 4.56. The molecule has 0 radical (unpaired) electrons. The van der Waals surface area contributed by atoms with Crippen LogP contribution in [0.4, 0.5) is 4.79 Å². The number of rotatable bonds is 7. The quantitative estimate of drug-likeness (QED) is 0.414. The molecule has 1 saturated heterocycles. The maximum atomic E-state index is 12.9. The van der Waals surface area contributed by atoms with E-state index in [1.807, 2.05) is 41.0 Å². The third-order valence-corrected chi connectivity index (χ3v) is 7.20. The number of amides is 2. The molecule has 0 aliphatic carbocycles. The number of thioether (sulfide) groups is 1. The standard InChI is InChI=1S/C24H25Cl2N5O3S/c1-2-34-24(33)30-12-10-29(11-13-30)22(32)16-35-23-28-27-21(14-17-6-4-3-5-7-17)31(23)18-8-9-19(25)20(26)15-18/h3-9,15H,2,10-14,16H2,1H3. The molecule has 1 aliphatic heterocycles. The van der Waals surface area contributed by atoms with Crippen LogP contribution in [0.3, 0.4) is 0 Å². The summed E-state index contributed by atoms with van der Waals surface area (Å²) in [5, 5.41) is 10.3. The van der Waals surface area contributed by atoms with Crippen molar-refractivity contribution >= 4 is 47.0 Å². The lowest BCUT2D eigenvalue weighted by Crippen LogP contribution is -2.51. The number of piperazine rings is 1.